The first kappa shape index (κ1) is 70.0. The first-order valence-corrected chi connectivity index (χ1v) is 10.3. The minimum Gasteiger partial charge on any atom is -0.388 e. The molecule has 0 aromatic carbocycles. The van der Waals surface area contributed by atoms with Crippen LogP contribution in [0, 0.1) is 0 Å². The lowest BCUT2D eigenvalue weighted by Gasteiger charge is -2.02. The summed E-state index contributed by atoms with van der Waals surface area (Å²) in [5.74, 6) is 0.259. The lowest BCUT2D eigenvalue weighted by atomic mass is 10.6. The molecule has 30 heavy (non-hydrogen) atoms. The molecule has 0 saturated carbocycles. The number of Topliss-reactive ketones (excluding diaryl/α,β-unsaturated/α-hetero) is 1. The highest BCUT2D eigenvalue weighted by atomic mass is 32.2. The van der Waals surface area contributed by atoms with Crippen LogP contribution in [0.15, 0.2) is 0 Å². The number of nitrogens with zero attached hydrogens (tertiary/aromatic N) is 2. The Kier molecular flexibility index (Phi) is 164. The Bertz CT molecular complexity index is 271. The number of ketones is 1. The second-order valence-electron chi connectivity index (χ2n) is 5.05. The van der Waals surface area contributed by atoms with E-state index in [2.05, 4.69) is 8.92 Å². The van der Waals surface area contributed by atoms with Gasteiger partial charge in [-0.25, -0.2) is 4.21 Å². The molecular formula is C21H62N2O5S2. The Balaban J connectivity index is -0.0000000158. The van der Waals surface area contributed by atoms with E-state index >= 15 is 0 Å². The van der Waals surface area contributed by atoms with Gasteiger partial charge in [-0.1, -0.05) is 37.1 Å². The molecule has 0 fully saturated rings. The summed E-state index contributed by atoms with van der Waals surface area (Å²) in [5, 5.41) is 0. The number of carbonyl (C=O) groups excluding carboxylic acids is 2. The minimum absolute atomic E-state index is 0. The highest BCUT2D eigenvalue weighted by molar-refractivity contribution is 7.97. The maximum Gasteiger partial charge on any atom is 0.218 e. The average Bonchev–Trinajstić information content (AvgIpc) is 2.39. The number of methoxy groups -OCH3 is 1. The summed E-state index contributed by atoms with van der Waals surface area (Å²) < 4.78 is 18.2. The summed E-state index contributed by atoms with van der Waals surface area (Å²) in [6, 6.07) is 0. The van der Waals surface area contributed by atoms with Gasteiger partial charge < -0.3 is 19.3 Å². The smallest absolute Gasteiger partial charge is 0.218 e. The van der Waals surface area contributed by atoms with Crippen molar-refractivity contribution in [2.75, 3.05) is 75.3 Å². The van der Waals surface area contributed by atoms with Crippen LogP contribution < -0.4 is 0 Å². The lowest BCUT2D eigenvalue weighted by molar-refractivity contribution is -0.126. The van der Waals surface area contributed by atoms with Crippen LogP contribution in [0.25, 0.3) is 0 Å². The van der Waals surface area contributed by atoms with Gasteiger partial charge in [0.2, 0.25) is 5.91 Å². The number of hydrogen-bond acceptors (Lipinski definition) is 7. The third kappa shape index (κ3) is 635. The Morgan fingerprint density at radius 3 is 0.833 bits per heavy atom. The maximum absolute atomic E-state index is 10.1. The van der Waals surface area contributed by atoms with Crippen molar-refractivity contribution in [2.45, 2.75) is 57.9 Å². The quantitative estimate of drug-likeness (QED) is 0.503. The monoisotopic (exact) mass is 486 g/mol. The van der Waals surface area contributed by atoms with E-state index in [-0.39, 0.29) is 48.8 Å². The highest BCUT2D eigenvalue weighted by Gasteiger charge is 1.87. The lowest BCUT2D eigenvalue weighted by Crippen LogP contribution is -2.17. The first-order chi connectivity index (χ1) is 11.2. The van der Waals surface area contributed by atoms with Crippen LogP contribution in [0.1, 0.15) is 57.9 Å². The molecule has 0 saturated heterocycles. The second-order valence-corrected chi connectivity index (χ2v) is 7.00. The van der Waals surface area contributed by atoms with Crippen molar-refractivity contribution < 1.29 is 22.7 Å². The molecule has 0 bridgehead atoms. The molecule has 0 heterocycles. The normalized spacial score (nSPS) is 7.30. The molecule has 9 heteroatoms. The van der Waals surface area contributed by atoms with Gasteiger partial charge in [-0.15, -0.1) is 0 Å². The van der Waals surface area contributed by atoms with E-state index in [4.69, 9.17) is 0 Å². The van der Waals surface area contributed by atoms with Gasteiger partial charge in [0.15, 0.2) is 11.1 Å². The zero-order valence-corrected chi connectivity index (χ0v) is 20.4. The molecule has 0 radical (unpaired) electrons. The molecule has 7 nitrogen and oxygen atoms in total. The fourth-order valence-electron chi connectivity index (χ4n) is 0. The molecule has 0 aromatic heterocycles. The summed E-state index contributed by atoms with van der Waals surface area (Å²) in [5.41, 5.74) is 0. The van der Waals surface area contributed by atoms with Crippen molar-refractivity contribution in [3.63, 3.8) is 0 Å². The number of ether oxygens (including phenoxy) is 1. The molecule has 0 aliphatic heterocycles. The largest absolute Gasteiger partial charge is 0.388 e. The zero-order valence-electron chi connectivity index (χ0n) is 18.8. The van der Waals surface area contributed by atoms with Crippen LogP contribution in [0.2, 0.25) is 0 Å². The maximum atomic E-state index is 10.1. The van der Waals surface area contributed by atoms with Gasteiger partial charge in [-0.05, 0) is 47.5 Å². The summed E-state index contributed by atoms with van der Waals surface area (Å²) in [6.07, 6.45) is 5.56. The van der Waals surface area contributed by atoms with Gasteiger partial charge in [-0.3, -0.25) is 8.98 Å². The second kappa shape index (κ2) is 70.4. The number of carbonyl (C=O) groups is 2. The van der Waals surface area contributed by atoms with Crippen LogP contribution in [0.3, 0.4) is 0 Å². The van der Waals surface area contributed by atoms with Crippen molar-refractivity contribution in [3.8, 4) is 0 Å². The van der Waals surface area contributed by atoms with E-state index in [0.29, 0.717) is 0 Å². The molecule has 0 aliphatic carbocycles. The summed E-state index contributed by atoms with van der Waals surface area (Å²) >= 11 is 0.677. The predicted octanol–water partition coefficient (Wildman–Crippen LogP) is 5.22. The van der Waals surface area contributed by atoms with Crippen molar-refractivity contribution in [1.82, 2.24) is 9.80 Å². The van der Waals surface area contributed by atoms with E-state index in [9.17, 15) is 13.8 Å². The topological polar surface area (TPSA) is 76.2 Å². The van der Waals surface area contributed by atoms with E-state index in [1.54, 1.807) is 40.1 Å². The number of thioether (sulfide) groups is 1. The third-order valence-corrected chi connectivity index (χ3v) is 1.33. The van der Waals surface area contributed by atoms with Crippen LogP contribution in [-0.2, 0) is 29.6 Å². The molecule has 1 atom stereocenters. The van der Waals surface area contributed by atoms with Gasteiger partial charge in [0.25, 0.3) is 0 Å². The summed E-state index contributed by atoms with van der Waals surface area (Å²) in [4.78, 5) is 23.0. The fraction of sp³-hybridized carbons (Fsp3) is 0.905. The summed E-state index contributed by atoms with van der Waals surface area (Å²) in [7, 11) is 14.1. The molecule has 0 N–H and O–H groups in total. The molecule has 0 spiro atoms. The summed E-state index contributed by atoms with van der Waals surface area (Å²) in [6.45, 7) is 4.58. The minimum atomic E-state index is -1.07. The van der Waals surface area contributed by atoms with E-state index < -0.39 is 11.1 Å². The van der Waals surface area contributed by atoms with Crippen LogP contribution in [-0.4, -0.2) is 101 Å². The average molecular weight is 487 g/mol. The SMILES string of the molecule is C.C.C.C.C.CC(=O)N(C)C.CC(C)=O.CN(C)C.COC.COS(C)=O.CSC. The Hall–Kier alpha value is -0.480. The van der Waals surface area contributed by atoms with Gasteiger partial charge in [0, 0.05) is 41.5 Å². The highest BCUT2D eigenvalue weighted by Crippen LogP contribution is 1.70. The third-order valence-electron chi connectivity index (χ3n) is 0.864. The van der Waals surface area contributed by atoms with E-state index in [1.807, 2.05) is 38.6 Å². The Labute approximate surface area is 200 Å². The molecular weight excluding hydrogens is 424 g/mol. The predicted molar refractivity (Wildman–Crippen MR) is 147 cm³/mol. The van der Waals surface area contributed by atoms with Gasteiger partial charge >= 0.3 is 0 Å². The van der Waals surface area contributed by atoms with Crippen molar-refractivity contribution >= 4 is 34.5 Å². The number of amides is 1. The fourth-order valence-corrected chi connectivity index (χ4v) is 0. The first-order valence-electron chi connectivity index (χ1n) is 7.15. The number of rotatable bonds is 1. The van der Waals surface area contributed by atoms with Crippen molar-refractivity contribution in [2.24, 2.45) is 0 Å². The molecule has 0 aromatic rings. The Morgan fingerprint density at radius 2 is 0.833 bits per heavy atom. The van der Waals surface area contributed by atoms with Gasteiger partial charge in [0.1, 0.15) is 5.78 Å². The molecule has 0 rings (SSSR count). The molecule has 198 valence electrons. The zero-order chi connectivity index (χ0) is 22.0. The number of hydrogen-bond donors (Lipinski definition) is 0. The molecule has 1 amide bonds. The van der Waals surface area contributed by atoms with Crippen LogP contribution in [0.5, 0.6) is 0 Å². The van der Waals surface area contributed by atoms with Crippen molar-refractivity contribution in [3.05, 3.63) is 0 Å². The van der Waals surface area contributed by atoms with E-state index in [1.165, 1.54) is 39.0 Å². The van der Waals surface area contributed by atoms with Crippen molar-refractivity contribution in [1.29, 1.82) is 0 Å². The standard InChI is InChI=1S/C4H9NO.C3H9N.C3H6O.C2H6O2S.C2H6O.C2H6S.5CH4/c1-4(6)5(2)3;1-4(2)3;1-3(2)4;1-4-5(2)3;2*1-3-2;;;;;/h1-3H3;1-3H3;1-2H3;1-2H3;2*1-2H3;5*1H4. The van der Waals surface area contributed by atoms with Crippen LogP contribution >= 0.6 is 11.8 Å². The van der Waals surface area contributed by atoms with Crippen LogP contribution in [0.4, 0.5) is 0 Å². The van der Waals surface area contributed by atoms with E-state index in [0.717, 1.165) is 0 Å². The van der Waals surface area contributed by atoms with Gasteiger partial charge in [0.05, 0.1) is 7.11 Å². The van der Waals surface area contributed by atoms with Gasteiger partial charge in [-0.2, -0.15) is 11.8 Å². The molecule has 1 unspecified atom stereocenters. The molecule has 0 aliphatic rings. The Morgan fingerprint density at radius 1 is 0.767 bits per heavy atom.